The van der Waals surface area contributed by atoms with Gasteiger partial charge in [0.15, 0.2) is 0 Å². The minimum Gasteiger partial charge on any atom is -0.313 e. The van der Waals surface area contributed by atoms with E-state index in [0.717, 1.165) is 11.8 Å². The van der Waals surface area contributed by atoms with Crippen molar-refractivity contribution in [2.75, 3.05) is 6.54 Å². The van der Waals surface area contributed by atoms with Gasteiger partial charge in [0, 0.05) is 6.04 Å². The Morgan fingerprint density at radius 3 is 1.94 bits per heavy atom. The van der Waals surface area contributed by atoms with Gasteiger partial charge in [-0.1, -0.05) is 54.9 Å². The highest BCUT2D eigenvalue weighted by molar-refractivity contribution is 4.82. The van der Waals surface area contributed by atoms with Gasteiger partial charge in [-0.05, 0) is 43.1 Å². The van der Waals surface area contributed by atoms with Crippen molar-refractivity contribution in [1.82, 2.24) is 5.32 Å². The zero-order valence-electron chi connectivity index (χ0n) is 13.3. The van der Waals surface area contributed by atoms with Gasteiger partial charge in [0.05, 0.1) is 0 Å². The summed E-state index contributed by atoms with van der Waals surface area (Å²) in [5.41, 5.74) is 0.425. The minimum atomic E-state index is 0.425. The van der Waals surface area contributed by atoms with Crippen LogP contribution in [0.25, 0.3) is 0 Å². The molecule has 0 bridgehead atoms. The van der Waals surface area contributed by atoms with E-state index >= 15 is 0 Å². The predicted molar refractivity (Wildman–Crippen MR) is 79.4 cm³/mol. The van der Waals surface area contributed by atoms with Crippen LogP contribution in [0.5, 0.6) is 0 Å². The predicted octanol–water partition coefficient (Wildman–Crippen LogP) is 4.86. The van der Waals surface area contributed by atoms with Crippen molar-refractivity contribution in [2.24, 2.45) is 17.3 Å². The molecule has 1 nitrogen and oxygen atoms in total. The van der Waals surface area contributed by atoms with Crippen LogP contribution in [0, 0.1) is 17.3 Å². The molecule has 2 atom stereocenters. The number of hydrogen-bond donors (Lipinski definition) is 1. The maximum absolute atomic E-state index is 3.78. The second-order valence-electron chi connectivity index (χ2n) is 6.46. The molecule has 0 fully saturated rings. The maximum atomic E-state index is 3.78. The summed E-state index contributed by atoms with van der Waals surface area (Å²) >= 11 is 0. The van der Waals surface area contributed by atoms with E-state index in [2.05, 4.69) is 53.8 Å². The van der Waals surface area contributed by atoms with Crippen LogP contribution in [0.1, 0.15) is 74.1 Å². The molecule has 0 saturated carbocycles. The monoisotopic (exact) mass is 241 g/mol. The molecular weight excluding hydrogens is 206 g/mol. The molecule has 0 saturated heterocycles. The lowest BCUT2D eigenvalue weighted by atomic mass is 9.80. The molecule has 0 aromatic heterocycles. The Bertz CT molecular complexity index is 184. The van der Waals surface area contributed by atoms with Crippen molar-refractivity contribution >= 4 is 0 Å². The number of nitrogens with one attached hydrogen (secondary N) is 1. The highest BCUT2D eigenvalue weighted by Crippen LogP contribution is 2.27. The van der Waals surface area contributed by atoms with Gasteiger partial charge >= 0.3 is 0 Å². The van der Waals surface area contributed by atoms with E-state index in [1.165, 1.54) is 32.2 Å². The van der Waals surface area contributed by atoms with Gasteiger partial charge in [-0.25, -0.2) is 0 Å². The van der Waals surface area contributed by atoms with Gasteiger partial charge in [-0.2, -0.15) is 0 Å². The highest BCUT2D eigenvalue weighted by Gasteiger charge is 2.25. The lowest BCUT2D eigenvalue weighted by molar-refractivity contribution is 0.217. The second-order valence-corrected chi connectivity index (χ2v) is 6.46. The van der Waals surface area contributed by atoms with Crippen LogP contribution in [0.3, 0.4) is 0 Å². The molecule has 2 unspecified atom stereocenters. The summed E-state index contributed by atoms with van der Waals surface area (Å²) in [6, 6.07) is 0.664. The summed E-state index contributed by atoms with van der Waals surface area (Å²) in [6.07, 6.45) is 5.12. The van der Waals surface area contributed by atoms with Gasteiger partial charge in [0.25, 0.3) is 0 Å². The van der Waals surface area contributed by atoms with Crippen LogP contribution < -0.4 is 5.32 Å². The molecule has 0 aliphatic heterocycles. The first kappa shape index (κ1) is 17.0. The molecule has 1 heteroatoms. The zero-order chi connectivity index (χ0) is 13.5. The first-order valence-electron chi connectivity index (χ1n) is 7.62. The van der Waals surface area contributed by atoms with Crippen molar-refractivity contribution < 1.29 is 0 Å². The van der Waals surface area contributed by atoms with Crippen LogP contribution in [0.4, 0.5) is 0 Å². The molecule has 0 spiro atoms. The largest absolute Gasteiger partial charge is 0.313 e. The van der Waals surface area contributed by atoms with Crippen LogP contribution >= 0.6 is 0 Å². The molecule has 0 amide bonds. The molecule has 0 heterocycles. The van der Waals surface area contributed by atoms with Gasteiger partial charge < -0.3 is 5.32 Å². The average Bonchev–Trinajstić information content (AvgIpc) is 2.28. The van der Waals surface area contributed by atoms with Crippen LogP contribution in [-0.4, -0.2) is 12.6 Å². The van der Waals surface area contributed by atoms with Gasteiger partial charge in [0.1, 0.15) is 0 Å². The third kappa shape index (κ3) is 5.90. The zero-order valence-corrected chi connectivity index (χ0v) is 13.3. The smallest absolute Gasteiger partial charge is 0.0115 e. The minimum absolute atomic E-state index is 0.425. The normalized spacial score (nSPS) is 16.2. The summed E-state index contributed by atoms with van der Waals surface area (Å²) < 4.78 is 0. The Hall–Kier alpha value is -0.0400. The molecule has 0 aliphatic rings. The van der Waals surface area contributed by atoms with E-state index in [-0.39, 0.29) is 0 Å². The highest BCUT2D eigenvalue weighted by atomic mass is 14.9. The number of hydrogen-bond acceptors (Lipinski definition) is 1. The fourth-order valence-electron chi connectivity index (χ4n) is 2.67. The average molecular weight is 241 g/mol. The maximum Gasteiger partial charge on any atom is 0.0115 e. The summed E-state index contributed by atoms with van der Waals surface area (Å²) in [5.74, 6) is 1.70. The first-order valence-corrected chi connectivity index (χ1v) is 7.62. The van der Waals surface area contributed by atoms with Crippen molar-refractivity contribution in [3.05, 3.63) is 0 Å². The van der Waals surface area contributed by atoms with Gasteiger partial charge in [-0.3, -0.25) is 0 Å². The van der Waals surface area contributed by atoms with Crippen molar-refractivity contribution in [3.8, 4) is 0 Å². The van der Waals surface area contributed by atoms with Gasteiger partial charge in [-0.15, -0.1) is 0 Å². The molecule has 0 aliphatic carbocycles. The second kappa shape index (κ2) is 8.13. The van der Waals surface area contributed by atoms with E-state index in [9.17, 15) is 0 Å². The number of rotatable bonds is 9. The van der Waals surface area contributed by atoms with E-state index < -0.39 is 0 Å². The Morgan fingerprint density at radius 1 is 1.00 bits per heavy atom. The Labute approximate surface area is 110 Å². The lowest BCUT2D eigenvalue weighted by Crippen LogP contribution is -2.42. The molecule has 0 aromatic carbocycles. The fourth-order valence-corrected chi connectivity index (χ4v) is 2.67. The Balaban J connectivity index is 4.08. The van der Waals surface area contributed by atoms with E-state index in [0.29, 0.717) is 11.5 Å². The van der Waals surface area contributed by atoms with E-state index in [4.69, 9.17) is 0 Å². The summed E-state index contributed by atoms with van der Waals surface area (Å²) in [6.45, 7) is 17.6. The Morgan fingerprint density at radius 2 is 1.59 bits per heavy atom. The van der Waals surface area contributed by atoms with Crippen LogP contribution in [0.2, 0.25) is 0 Å². The Kier molecular flexibility index (Phi) is 8.11. The van der Waals surface area contributed by atoms with Crippen LogP contribution in [-0.2, 0) is 0 Å². The van der Waals surface area contributed by atoms with Crippen molar-refractivity contribution in [1.29, 1.82) is 0 Å². The van der Waals surface area contributed by atoms with E-state index in [1.807, 2.05) is 0 Å². The molecule has 0 aromatic rings. The topological polar surface area (TPSA) is 12.0 Å². The van der Waals surface area contributed by atoms with E-state index in [1.54, 1.807) is 0 Å². The first-order chi connectivity index (χ1) is 7.88. The SMILES string of the molecule is CCC(CCNC(CC)C(C)(C)CC)C(C)C. The standard InChI is InChI=1S/C16H35N/c1-8-14(13(4)5)11-12-17-15(9-2)16(6,7)10-3/h13-15,17H,8-12H2,1-7H3. The molecule has 17 heavy (non-hydrogen) atoms. The summed E-state index contributed by atoms with van der Waals surface area (Å²) in [5, 5.41) is 3.78. The quantitative estimate of drug-likeness (QED) is 0.607. The molecular formula is C16H35N. The summed E-state index contributed by atoms with van der Waals surface area (Å²) in [4.78, 5) is 0. The molecule has 1 N–H and O–H groups in total. The molecule has 104 valence electrons. The fraction of sp³-hybridized carbons (Fsp3) is 1.00. The third-order valence-electron chi connectivity index (χ3n) is 4.64. The van der Waals surface area contributed by atoms with Crippen molar-refractivity contribution in [2.45, 2.75) is 80.2 Å². The summed E-state index contributed by atoms with van der Waals surface area (Å²) in [7, 11) is 0. The third-order valence-corrected chi connectivity index (χ3v) is 4.64. The van der Waals surface area contributed by atoms with Crippen molar-refractivity contribution in [3.63, 3.8) is 0 Å². The molecule has 0 rings (SSSR count). The van der Waals surface area contributed by atoms with Gasteiger partial charge in [0.2, 0.25) is 0 Å². The molecule has 0 radical (unpaired) electrons. The lowest BCUT2D eigenvalue weighted by Gasteiger charge is -2.34. The van der Waals surface area contributed by atoms with Crippen LogP contribution in [0.15, 0.2) is 0 Å².